The van der Waals surface area contributed by atoms with Crippen LogP contribution in [0.15, 0.2) is 41.7 Å². The van der Waals surface area contributed by atoms with Crippen molar-refractivity contribution in [3.05, 3.63) is 36.6 Å². The molecule has 0 aromatic heterocycles. The monoisotopic (exact) mass is 177 g/mol. The van der Waals surface area contributed by atoms with Crippen LogP contribution in [0.2, 0.25) is 0 Å². The fourth-order valence-electron chi connectivity index (χ4n) is 0.800. The largest absolute Gasteiger partial charge is 0.388 e. The second kappa shape index (κ2) is 4.25. The van der Waals surface area contributed by atoms with Crippen molar-refractivity contribution in [1.29, 1.82) is 5.53 Å². The van der Waals surface area contributed by atoms with E-state index in [1.807, 2.05) is 6.07 Å². The van der Waals surface area contributed by atoms with E-state index >= 15 is 0 Å². The van der Waals surface area contributed by atoms with Crippen LogP contribution in [0.3, 0.4) is 0 Å². The first kappa shape index (κ1) is 9.25. The SMILES string of the molecule is C=C(C)ONc1ccccc1N=N. The van der Waals surface area contributed by atoms with Gasteiger partial charge in [0.15, 0.2) is 0 Å². The molecule has 0 spiro atoms. The Balaban J connectivity index is 2.75. The first-order chi connectivity index (χ1) is 6.24. The maximum Gasteiger partial charge on any atom is 0.121 e. The summed E-state index contributed by atoms with van der Waals surface area (Å²) in [6, 6.07) is 7.13. The van der Waals surface area contributed by atoms with Gasteiger partial charge in [0.05, 0.1) is 5.69 Å². The van der Waals surface area contributed by atoms with Gasteiger partial charge in [-0.2, -0.15) is 5.11 Å². The van der Waals surface area contributed by atoms with Gasteiger partial charge in [-0.05, 0) is 19.1 Å². The molecule has 0 aliphatic heterocycles. The van der Waals surface area contributed by atoms with E-state index in [9.17, 15) is 0 Å². The van der Waals surface area contributed by atoms with Gasteiger partial charge in [0.1, 0.15) is 11.4 Å². The van der Waals surface area contributed by atoms with E-state index in [-0.39, 0.29) is 0 Å². The molecule has 68 valence electrons. The van der Waals surface area contributed by atoms with Crippen LogP contribution >= 0.6 is 0 Å². The van der Waals surface area contributed by atoms with Crippen LogP contribution in [0.25, 0.3) is 0 Å². The summed E-state index contributed by atoms with van der Waals surface area (Å²) in [6.45, 7) is 5.29. The van der Waals surface area contributed by atoms with Crippen LogP contribution in [0.4, 0.5) is 11.4 Å². The third-order valence-corrected chi connectivity index (χ3v) is 1.36. The highest BCUT2D eigenvalue weighted by molar-refractivity contribution is 5.63. The lowest BCUT2D eigenvalue weighted by atomic mass is 10.3. The lowest BCUT2D eigenvalue weighted by Gasteiger charge is -2.08. The van der Waals surface area contributed by atoms with E-state index < -0.39 is 0 Å². The molecule has 0 bridgehead atoms. The van der Waals surface area contributed by atoms with E-state index in [0.717, 1.165) is 0 Å². The number of nitrogens with zero attached hydrogens (tertiary/aromatic N) is 1. The van der Waals surface area contributed by atoms with E-state index in [1.165, 1.54) is 0 Å². The summed E-state index contributed by atoms with van der Waals surface area (Å²) < 4.78 is 0. The first-order valence-corrected chi connectivity index (χ1v) is 3.79. The summed E-state index contributed by atoms with van der Waals surface area (Å²) in [5.74, 6) is 0.555. The van der Waals surface area contributed by atoms with Crippen molar-refractivity contribution in [3.63, 3.8) is 0 Å². The van der Waals surface area contributed by atoms with Gasteiger partial charge in [0.25, 0.3) is 0 Å². The molecular weight excluding hydrogens is 166 g/mol. The van der Waals surface area contributed by atoms with Crippen molar-refractivity contribution in [2.24, 2.45) is 5.11 Å². The van der Waals surface area contributed by atoms with Gasteiger partial charge in [0.2, 0.25) is 0 Å². The maximum atomic E-state index is 6.88. The van der Waals surface area contributed by atoms with Crippen LogP contribution < -0.4 is 5.48 Å². The molecular formula is C9H11N3O. The second-order valence-corrected chi connectivity index (χ2v) is 2.54. The molecule has 1 aromatic rings. The van der Waals surface area contributed by atoms with E-state index in [1.54, 1.807) is 25.1 Å². The van der Waals surface area contributed by atoms with Gasteiger partial charge in [-0.15, -0.1) is 0 Å². The van der Waals surface area contributed by atoms with Crippen LogP contribution in [0.1, 0.15) is 6.92 Å². The average Bonchev–Trinajstić information content (AvgIpc) is 2.15. The fourth-order valence-corrected chi connectivity index (χ4v) is 0.800. The standard InChI is InChI=1S/C9H11N3O/c1-7(2)13-12-9-6-4-3-5-8(9)11-10/h3-6,10,12H,1H2,2H3. The number of allylic oxidation sites excluding steroid dienone is 1. The number of benzene rings is 1. The Bertz CT molecular complexity index is 322. The zero-order chi connectivity index (χ0) is 9.68. The molecule has 2 N–H and O–H groups in total. The molecule has 4 nitrogen and oxygen atoms in total. The number of para-hydroxylation sites is 2. The Morgan fingerprint density at radius 3 is 2.85 bits per heavy atom. The summed E-state index contributed by atoms with van der Waals surface area (Å²) in [5.41, 5.74) is 10.7. The van der Waals surface area contributed by atoms with Crippen molar-refractivity contribution in [2.45, 2.75) is 6.92 Å². The molecule has 0 fully saturated rings. The van der Waals surface area contributed by atoms with Crippen molar-refractivity contribution in [2.75, 3.05) is 5.48 Å². The summed E-state index contributed by atoms with van der Waals surface area (Å²) in [7, 11) is 0. The average molecular weight is 177 g/mol. The minimum absolute atomic E-state index is 0.531. The predicted molar refractivity (Wildman–Crippen MR) is 50.8 cm³/mol. The van der Waals surface area contributed by atoms with Crippen molar-refractivity contribution >= 4 is 11.4 Å². The van der Waals surface area contributed by atoms with Crippen molar-refractivity contribution < 1.29 is 4.84 Å². The zero-order valence-electron chi connectivity index (χ0n) is 7.37. The van der Waals surface area contributed by atoms with Crippen molar-refractivity contribution in [3.8, 4) is 0 Å². The number of rotatable bonds is 4. The molecule has 4 heteroatoms. The third-order valence-electron chi connectivity index (χ3n) is 1.36. The van der Waals surface area contributed by atoms with Gasteiger partial charge in [-0.1, -0.05) is 18.7 Å². The highest BCUT2D eigenvalue weighted by atomic mass is 16.6. The molecule has 0 aliphatic rings. The van der Waals surface area contributed by atoms with Crippen LogP contribution in [-0.4, -0.2) is 0 Å². The van der Waals surface area contributed by atoms with Crippen LogP contribution in [0, 0.1) is 5.53 Å². The van der Waals surface area contributed by atoms with Crippen molar-refractivity contribution in [1.82, 2.24) is 0 Å². The molecule has 1 aromatic carbocycles. The van der Waals surface area contributed by atoms with E-state index in [4.69, 9.17) is 10.4 Å². The molecule has 0 saturated heterocycles. The Morgan fingerprint density at radius 1 is 1.54 bits per heavy atom. The topological polar surface area (TPSA) is 57.5 Å². The molecule has 13 heavy (non-hydrogen) atoms. The number of nitrogens with one attached hydrogen (secondary N) is 2. The second-order valence-electron chi connectivity index (χ2n) is 2.54. The molecule has 0 atom stereocenters. The van der Waals surface area contributed by atoms with E-state index in [2.05, 4.69) is 17.2 Å². The minimum Gasteiger partial charge on any atom is -0.388 e. The first-order valence-electron chi connectivity index (χ1n) is 3.79. The third kappa shape index (κ3) is 2.59. The summed E-state index contributed by atoms with van der Waals surface area (Å²) >= 11 is 0. The lowest BCUT2D eigenvalue weighted by Crippen LogP contribution is -1.98. The molecule has 1 rings (SSSR count). The van der Waals surface area contributed by atoms with Gasteiger partial charge in [-0.3, -0.25) is 0 Å². The quantitative estimate of drug-likeness (QED) is 0.421. The van der Waals surface area contributed by atoms with Crippen LogP contribution in [-0.2, 0) is 4.84 Å². The molecule has 0 heterocycles. The van der Waals surface area contributed by atoms with Gasteiger partial charge >= 0.3 is 0 Å². The summed E-state index contributed by atoms with van der Waals surface area (Å²) in [4.78, 5) is 4.98. The van der Waals surface area contributed by atoms with E-state index in [0.29, 0.717) is 17.1 Å². The zero-order valence-corrected chi connectivity index (χ0v) is 7.37. The fraction of sp³-hybridized carbons (Fsp3) is 0.111. The Hall–Kier alpha value is -1.84. The normalized spacial score (nSPS) is 9.00. The highest BCUT2D eigenvalue weighted by Crippen LogP contribution is 2.23. The predicted octanol–water partition coefficient (Wildman–Crippen LogP) is 3.23. The van der Waals surface area contributed by atoms with Gasteiger partial charge in [-0.25, -0.2) is 11.0 Å². The van der Waals surface area contributed by atoms with Gasteiger partial charge in [0, 0.05) is 0 Å². The number of hydrogen-bond donors (Lipinski definition) is 2. The summed E-state index contributed by atoms with van der Waals surface area (Å²) in [5, 5.41) is 3.33. The Kier molecular flexibility index (Phi) is 3.03. The Morgan fingerprint density at radius 2 is 2.23 bits per heavy atom. The molecule has 0 saturated carbocycles. The number of anilines is 1. The smallest absolute Gasteiger partial charge is 0.121 e. The number of hydrogen-bond acceptors (Lipinski definition) is 4. The maximum absolute atomic E-state index is 6.88. The molecule has 0 amide bonds. The lowest BCUT2D eigenvalue weighted by molar-refractivity contribution is 0.289. The minimum atomic E-state index is 0.531. The molecule has 0 unspecified atom stereocenters. The highest BCUT2D eigenvalue weighted by Gasteiger charge is 1.98. The Labute approximate surface area is 76.7 Å². The molecule has 0 radical (unpaired) electrons. The summed E-state index contributed by atoms with van der Waals surface area (Å²) in [6.07, 6.45) is 0. The van der Waals surface area contributed by atoms with Gasteiger partial charge < -0.3 is 4.84 Å². The molecule has 0 aliphatic carbocycles. The van der Waals surface area contributed by atoms with Crippen LogP contribution in [0.5, 0.6) is 0 Å².